The van der Waals surface area contributed by atoms with Crippen LogP contribution in [0.2, 0.25) is 0 Å². The Bertz CT molecular complexity index is 575. The van der Waals surface area contributed by atoms with E-state index in [1.54, 1.807) is 24.2 Å². The summed E-state index contributed by atoms with van der Waals surface area (Å²) in [5.41, 5.74) is 7.85. The molecule has 2 heterocycles. The number of thioether (sulfide) groups is 1. The Morgan fingerprint density at radius 1 is 1.11 bits per heavy atom. The van der Waals surface area contributed by atoms with E-state index in [-0.39, 0.29) is 0 Å². The van der Waals surface area contributed by atoms with Gasteiger partial charge in [-0.1, -0.05) is 0 Å². The Kier molecular flexibility index (Phi) is 3.46. The van der Waals surface area contributed by atoms with Crippen molar-refractivity contribution in [2.45, 2.75) is 10.6 Å². The minimum absolute atomic E-state index is 0.581. The van der Waals surface area contributed by atoms with E-state index in [1.165, 1.54) is 4.90 Å². The summed E-state index contributed by atoms with van der Waals surface area (Å²) in [4.78, 5) is 5.17. The van der Waals surface area contributed by atoms with Crippen molar-refractivity contribution in [3.05, 3.63) is 42.2 Å². The molecule has 0 bridgehead atoms. The van der Waals surface area contributed by atoms with Crippen LogP contribution in [0.1, 0.15) is 5.56 Å². The normalized spacial score (nSPS) is 13.3. The van der Waals surface area contributed by atoms with Gasteiger partial charge in [-0.15, -0.1) is 11.8 Å². The molecule has 98 valence electrons. The molecular formula is C14H14N2O2S. The molecule has 0 aliphatic carbocycles. The van der Waals surface area contributed by atoms with E-state index in [0.29, 0.717) is 13.2 Å². The molecular weight excluding hydrogens is 260 g/mol. The van der Waals surface area contributed by atoms with Crippen LogP contribution >= 0.6 is 11.8 Å². The number of aromatic nitrogens is 1. The van der Waals surface area contributed by atoms with E-state index in [9.17, 15) is 0 Å². The number of hydrogen-bond donors (Lipinski definition) is 1. The molecule has 1 aromatic heterocycles. The first-order valence-corrected chi connectivity index (χ1v) is 7.02. The highest BCUT2D eigenvalue weighted by Gasteiger charge is 2.14. The highest BCUT2D eigenvalue weighted by atomic mass is 32.2. The smallest absolute Gasteiger partial charge is 0.163 e. The third-order valence-corrected chi connectivity index (χ3v) is 3.91. The number of rotatable bonds is 3. The van der Waals surface area contributed by atoms with Crippen molar-refractivity contribution in [1.82, 2.24) is 4.98 Å². The number of nitrogens with two attached hydrogens (primary N) is 1. The van der Waals surface area contributed by atoms with Gasteiger partial charge in [-0.2, -0.15) is 0 Å². The number of nitrogens with zero attached hydrogens (tertiary/aromatic N) is 1. The van der Waals surface area contributed by atoms with Crippen LogP contribution in [0.5, 0.6) is 11.5 Å². The zero-order valence-electron chi connectivity index (χ0n) is 10.3. The van der Waals surface area contributed by atoms with Gasteiger partial charge in [-0.3, -0.25) is 4.98 Å². The average Bonchev–Trinajstić information content (AvgIpc) is 2.46. The van der Waals surface area contributed by atoms with Gasteiger partial charge in [0.25, 0.3) is 0 Å². The second-order valence-electron chi connectivity index (χ2n) is 4.17. The molecule has 19 heavy (non-hydrogen) atoms. The van der Waals surface area contributed by atoms with Gasteiger partial charge in [0.2, 0.25) is 0 Å². The van der Waals surface area contributed by atoms with E-state index in [0.717, 1.165) is 28.5 Å². The Morgan fingerprint density at radius 3 is 2.53 bits per heavy atom. The maximum absolute atomic E-state index is 6.05. The molecule has 1 aromatic carbocycles. The van der Waals surface area contributed by atoms with E-state index in [2.05, 4.69) is 4.98 Å². The molecule has 0 spiro atoms. The quantitative estimate of drug-likeness (QED) is 0.689. The first-order valence-electron chi connectivity index (χ1n) is 6.04. The third-order valence-electron chi connectivity index (χ3n) is 2.85. The van der Waals surface area contributed by atoms with Crippen molar-refractivity contribution in [3.8, 4) is 11.5 Å². The van der Waals surface area contributed by atoms with Gasteiger partial charge in [0, 0.05) is 34.8 Å². The van der Waals surface area contributed by atoms with E-state index in [1.807, 2.05) is 24.3 Å². The molecule has 4 nitrogen and oxygen atoms in total. The molecule has 1 aliphatic heterocycles. The number of nitrogen functional groups attached to an aromatic ring is 1. The lowest BCUT2D eigenvalue weighted by atomic mass is 10.2. The topological polar surface area (TPSA) is 57.4 Å². The van der Waals surface area contributed by atoms with Crippen molar-refractivity contribution in [3.63, 3.8) is 0 Å². The molecule has 5 heteroatoms. The summed E-state index contributed by atoms with van der Waals surface area (Å²) in [5.74, 6) is 2.32. The largest absolute Gasteiger partial charge is 0.486 e. The van der Waals surface area contributed by atoms with E-state index in [4.69, 9.17) is 15.2 Å². The minimum atomic E-state index is 0.581. The van der Waals surface area contributed by atoms with Crippen LogP contribution in [0, 0.1) is 0 Å². The van der Waals surface area contributed by atoms with E-state index >= 15 is 0 Å². The molecule has 0 fully saturated rings. The molecule has 3 rings (SSSR count). The third kappa shape index (κ3) is 2.76. The van der Waals surface area contributed by atoms with Crippen LogP contribution in [-0.2, 0) is 5.75 Å². The maximum atomic E-state index is 6.05. The van der Waals surface area contributed by atoms with Gasteiger partial charge >= 0.3 is 0 Å². The fourth-order valence-corrected chi connectivity index (χ4v) is 2.75. The predicted octanol–water partition coefficient (Wildman–Crippen LogP) is 2.73. The fourth-order valence-electron chi connectivity index (χ4n) is 1.87. The van der Waals surface area contributed by atoms with Crippen molar-refractivity contribution < 1.29 is 9.47 Å². The highest BCUT2D eigenvalue weighted by molar-refractivity contribution is 7.98. The van der Waals surface area contributed by atoms with Gasteiger partial charge in [-0.05, 0) is 23.8 Å². The summed E-state index contributed by atoms with van der Waals surface area (Å²) in [6.07, 6.45) is 3.57. The van der Waals surface area contributed by atoms with Crippen LogP contribution in [0.15, 0.2) is 41.6 Å². The van der Waals surface area contributed by atoms with Crippen molar-refractivity contribution in [2.24, 2.45) is 0 Å². The molecule has 0 amide bonds. The van der Waals surface area contributed by atoms with Crippen LogP contribution < -0.4 is 15.2 Å². The average molecular weight is 274 g/mol. The molecule has 2 N–H and O–H groups in total. The number of anilines is 1. The lowest BCUT2D eigenvalue weighted by Gasteiger charge is -2.20. The van der Waals surface area contributed by atoms with Gasteiger partial charge < -0.3 is 15.2 Å². The van der Waals surface area contributed by atoms with Crippen LogP contribution in [-0.4, -0.2) is 18.2 Å². The Balaban J connectivity index is 1.77. The second kappa shape index (κ2) is 5.40. The standard InChI is InChI=1S/C14H14N2O2S/c15-12-8-14-13(17-5-6-18-14)7-10(12)9-19-11-1-3-16-4-2-11/h1-4,7-8H,5-6,9,15H2. The van der Waals surface area contributed by atoms with Crippen molar-refractivity contribution in [2.75, 3.05) is 18.9 Å². The summed E-state index contributed by atoms with van der Waals surface area (Å²) in [6.45, 7) is 1.17. The second-order valence-corrected chi connectivity index (χ2v) is 5.22. The maximum Gasteiger partial charge on any atom is 0.163 e. The molecule has 2 aromatic rings. The lowest BCUT2D eigenvalue weighted by Crippen LogP contribution is -2.15. The number of benzene rings is 1. The van der Waals surface area contributed by atoms with Crippen molar-refractivity contribution in [1.29, 1.82) is 0 Å². The number of hydrogen-bond acceptors (Lipinski definition) is 5. The summed E-state index contributed by atoms with van der Waals surface area (Å²) < 4.78 is 11.1. The summed E-state index contributed by atoms with van der Waals surface area (Å²) in [6, 6.07) is 7.78. The van der Waals surface area contributed by atoms with Gasteiger partial charge in [0.15, 0.2) is 11.5 Å². The zero-order valence-corrected chi connectivity index (χ0v) is 11.2. The molecule has 0 atom stereocenters. The van der Waals surface area contributed by atoms with Crippen LogP contribution in [0.4, 0.5) is 5.69 Å². The molecule has 0 radical (unpaired) electrons. The Labute approximate surface area is 115 Å². The first-order chi connectivity index (χ1) is 9.33. The number of fused-ring (bicyclic) bond motifs is 1. The Morgan fingerprint density at radius 2 is 1.79 bits per heavy atom. The number of pyridine rings is 1. The SMILES string of the molecule is Nc1cc2c(cc1CSc1ccncc1)OCCO2. The number of ether oxygens (including phenoxy) is 2. The minimum Gasteiger partial charge on any atom is -0.486 e. The monoisotopic (exact) mass is 274 g/mol. The fraction of sp³-hybridized carbons (Fsp3) is 0.214. The molecule has 0 saturated heterocycles. The lowest BCUT2D eigenvalue weighted by molar-refractivity contribution is 0.171. The van der Waals surface area contributed by atoms with Crippen molar-refractivity contribution >= 4 is 17.4 Å². The first kappa shape index (κ1) is 12.2. The zero-order chi connectivity index (χ0) is 13.1. The molecule has 0 unspecified atom stereocenters. The van der Waals surface area contributed by atoms with Gasteiger partial charge in [0.1, 0.15) is 13.2 Å². The summed E-state index contributed by atoms with van der Waals surface area (Å²) in [5, 5.41) is 0. The van der Waals surface area contributed by atoms with Gasteiger partial charge in [-0.25, -0.2) is 0 Å². The van der Waals surface area contributed by atoms with Gasteiger partial charge in [0.05, 0.1) is 0 Å². The Hall–Kier alpha value is -1.88. The summed E-state index contributed by atoms with van der Waals surface area (Å²) >= 11 is 1.72. The summed E-state index contributed by atoms with van der Waals surface area (Å²) in [7, 11) is 0. The highest BCUT2D eigenvalue weighted by Crippen LogP contribution is 2.36. The molecule has 0 saturated carbocycles. The molecule has 1 aliphatic rings. The van der Waals surface area contributed by atoms with Crippen LogP contribution in [0.3, 0.4) is 0 Å². The predicted molar refractivity (Wildman–Crippen MR) is 75.6 cm³/mol. The van der Waals surface area contributed by atoms with Crippen LogP contribution in [0.25, 0.3) is 0 Å². The van der Waals surface area contributed by atoms with E-state index < -0.39 is 0 Å².